The van der Waals surface area contributed by atoms with Gasteiger partial charge >= 0.3 is 0 Å². The molecular formula is C17H20F2N2O2S. The SMILES string of the molecule is O=C(c1cccs1)N1CC[C@]2(CCC[C@H]2C(=O)N2CC(F)(F)C2)C1. The van der Waals surface area contributed by atoms with Gasteiger partial charge in [0.15, 0.2) is 0 Å². The molecule has 2 saturated heterocycles. The minimum absolute atomic E-state index is 0.0236. The van der Waals surface area contributed by atoms with Crippen molar-refractivity contribution in [1.82, 2.24) is 9.80 Å². The van der Waals surface area contributed by atoms with E-state index in [1.807, 2.05) is 22.4 Å². The largest absolute Gasteiger partial charge is 0.337 e. The van der Waals surface area contributed by atoms with Gasteiger partial charge in [-0.15, -0.1) is 11.3 Å². The molecule has 2 atom stereocenters. The van der Waals surface area contributed by atoms with Gasteiger partial charge in [0.05, 0.1) is 18.0 Å². The van der Waals surface area contributed by atoms with E-state index >= 15 is 0 Å². The van der Waals surface area contributed by atoms with Crippen LogP contribution < -0.4 is 0 Å². The first-order valence-corrected chi connectivity index (χ1v) is 9.28. The van der Waals surface area contributed by atoms with Crippen LogP contribution in [0.25, 0.3) is 0 Å². The lowest BCUT2D eigenvalue weighted by Crippen LogP contribution is -2.60. The molecule has 1 aromatic heterocycles. The Balaban J connectivity index is 1.47. The van der Waals surface area contributed by atoms with Crippen molar-refractivity contribution >= 4 is 23.2 Å². The van der Waals surface area contributed by atoms with Gasteiger partial charge in [-0.25, -0.2) is 8.78 Å². The second kappa shape index (κ2) is 5.51. The van der Waals surface area contributed by atoms with E-state index in [0.717, 1.165) is 30.6 Å². The van der Waals surface area contributed by atoms with Crippen molar-refractivity contribution in [3.05, 3.63) is 22.4 Å². The molecule has 2 amide bonds. The molecule has 4 nitrogen and oxygen atoms in total. The molecular weight excluding hydrogens is 334 g/mol. The van der Waals surface area contributed by atoms with E-state index in [1.54, 1.807) is 0 Å². The maximum absolute atomic E-state index is 13.1. The molecule has 24 heavy (non-hydrogen) atoms. The van der Waals surface area contributed by atoms with Crippen LogP contribution in [-0.2, 0) is 4.79 Å². The number of nitrogens with zero attached hydrogens (tertiary/aromatic N) is 2. The summed E-state index contributed by atoms with van der Waals surface area (Å²) in [5, 5.41) is 1.88. The second-order valence-electron chi connectivity index (χ2n) is 7.31. The lowest BCUT2D eigenvalue weighted by Gasteiger charge is -2.42. The van der Waals surface area contributed by atoms with E-state index in [2.05, 4.69) is 0 Å². The molecule has 3 aliphatic rings. The Hall–Kier alpha value is -1.50. The van der Waals surface area contributed by atoms with Gasteiger partial charge < -0.3 is 9.80 Å². The van der Waals surface area contributed by atoms with Crippen molar-refractivity contribution in [2.75, 3.05) is 26.2 Å². The number of amides is 2. The molecule has 2 aliphatic heterocycles. The summed E-state index contributed by atoms with van der Waals surface area (Å²) in [5.74, 6) is -3.05. The summed E-state index contributed by atoms with van der Waals surface area (Å²) in [6.07, 6.45) is 3.39. The fourth-order valence-corrected chi connectivity index (χ4v) is 5.22. The van der Waals surface area contributed by atoms with E-state index < -0.39 is 19.0 Å². The van der Waals surface area contributed by atoms with Crippen LogP contribution in [0.4, 0.5) is 8.78 Å². The molecule has 0 bridgehead atoms. The van der Waals surface area contributed by atoms with Crippen molar-refractivity contribution in [1.29, 1.82) is 0 Å². The van der Waals surface area contributed by atoms with E-state index in [-0.39, 0.29) is 23.1 Å². The Morgan fingerprint density at radius 2 is 1.96 bits per heavy atom. The zero-order valence-electron chi connectivity index (χ0n) is 13.3. The molecule has 1 aliphatic carbocycles. The van der Waals surface area contributed by atoms with Crippen LogP contribution >= 0.6 is 11.3 Å². The molecule has 130 valence electrons. The van der Waals surface area contributed by atoms with E-state index in [4.69, 9.17) is 0 Å². The van der Waals surface area contributed by atoms with Gasteiger partial charge in [-0.3, -0.25) is 9.59 Å². The highest BCUT2D eigenvalue weighted by Gasteiger charge is 2.55. The minimum Gasteiger partial charge on any atom is -0.337 e. The van der Waals surface area contributed by atoms with Crippen LogP contribution in [0.3, 0.4) is 0 Å². The third-order valence-electron chi connectivity index (χ3n) is 5.77. The van der Waals surface area contributed by atoms with Gasteiger partial charge in [0, 0.05) is 24.4 Å². The Kier molecular flexibility index (Phi) is 3.67. The average Bonchev–Trinajstić information content (AvgIpc) is 3.25. The maximum atomic E-state index is 13.1. The summed E-state index contributed by atoms with van der Waals surface area (Å²) in [4.78, 5) is 29.1. The van der Waals surface area contributed by atoms with Gasteiger partial charge in [0.1, 0.15) is 0 Å². The van der Waals surface area contributed by atoms with Crippen LogP contribution in [0.1, 0.15) is 35.4 Å². The van der Waals surface area contributed by atoms with Crippen molar-refractivity contribution in [2.24, 2.45) is 11.3 Å². The zero-order chi connectivity index (χ0) is 16.9. The Bertz CT molecular complexity index is 656. The number of alkyl halides is 2. The predicted molar refractivity (Wildman–Crippen MR) is 86.1 cm³/mol. The summed E-state index contributed by atoms with van der Waals surface area (Å²) in [6, 6.07) is 3.67. The van der Waals surface area contributed by atoms with Crippen molar-refractivity contribution < 1.29 is 18.4 Å². The van der Waals surface area contributed by atoms with Crippen LogP contribution in [0, 0.1) is 11.3 Å². The molecule has 0 radical (unpaired) electrons. The summed E-state index contributed by atoms with van der Waals surface area (Å²) in [5.41, 5.74) is -0.213. The number of halogens is 2. The van der Waals surface area contributed by atoms with Crippen molar-refractivity contribution in [2.45, 2.75) is 31.6 Å². The predicted octanol–water partition coefficient (Wildman–Crippen LogP) is 2.86. The lowest BCUT2D eigenvalue weighted by atomic mass is 9.76. The first-order chi connectivity index (χ1) is 11.4. The quantitative estimate of drug-likeness (QED) is 0.819. The molecule has 0 unspecified atom stereocenters. The number of hydrogen-bond donors (Lipinski definition) is 0. The highest BCUT2D eigenvalue weighted by Crippen LogP contribution is 2.51. The summed E-state index contributed by atoms with van der Waals surface area (Å²) < 4.78 is 26.2. The third kappa shape index (κ3) is 2.53. The number of likely N-dealkylation sites (tertiary alicyclic amines) is 2. The minimum atomic E-state index is -2.72. The van der Waals surface area contributed by atoms with Crippen molar-refractivity contribution in [3.8, 4) is 0 Å². The lowest BCUT2D eigenvalue weighted by molar-refractivity contribution is -0.172. The van der Waals surface area contributed by atoms with Gasteiger partial charge in [-0.2, -0.15) is 0 Å². The highest BCUT2D eigenvalue weighted by atomic mass is 32.1. The second-order valence-corrected chi connectivity index (χ2v) is 8.26. The molecule has 1 spiro atoms. The summed E-state index contributed by atoms with van der Waals surface area (Å²) >= 11 is 1.42. The highest BCUT2D eigenvalue weighted by molar-refractivity contribution is 7.12. The fourth-order valence-electron chi connectivity index (χ4n) is 4.53. The van der Waals surface area contributed by atoms with E-state index in [1.165, 1.54) is 16.2 Å². The smallest absolute Gasteiger partial charge is 0.282 e. The first kappa shape index (κ1) is 16.0. The summed E-state index contributed by atoms with van der Waals surface area (Å²) in [6.45, 7) is 0.327. The molecule has 4 rings (SSSR count). The molecule has 1 saturated carbocycles. The molecule has 3 heterocycles. The zero-order valence-corrected chi connectivity index (χ0v) is 14.2. The molecule has 7 heteroatoms. The molecule has 0 N–H and O–H groups in total. The molecule has 1 aromatic rings. The number of rotatable bonds is 2. The fraction of sp³-hybridized carbons (Fsp3) is 0.647. The van der Waals surface area contributed by atoms with E-state index in [0.29, 0.717) is 13.1 Å². The van der Waals surface area contributed by atoms with Gasteiger partial charge in [0.2, 0.25) is 5.91 Å². The van der Waals surface area contributed by atoms with Crippen LogP contribution in [0.5, 0.6) is 0 Å². The average molecular weight is 354 g/mol. The number of carbonyl (C=O) groups is 2. The molecule has 3 fully saturated rings. The normalized spacial score (nSPS) is 31.5. The van der Waals surface area contributed by atoms with Crippen LogP contribution in [-0.4, -0.2) is 53.7 Å². The Labute approximate surface area is 143 Å². The topological polar surface area (TPSA) is 40.6 Å². The summed E-state index contributed by atoms with van der Waals surface area (Å²) in [7, 11) is 0. The standard InChI is InChI=1S/C17H20F2N2O2S/c18-17(19)10-21(11-17)14(22)12-3-1-5-16(12)6-7-20(9-16)15(23)13-4-2-8-24-13/h2,4,8,12H,1,3,5-7,9-11H2/t12-,16+/m0/s1. The van der Waals surface area contributed by atoms with Gasteiger partial charge in [-0.05, 0) is 30.7 Å². The Morgan fingerprint density at radius 3 is 2.62 bits per heavy atom. The number of thiophene rings is 1. The maximum Gasteiger partial charge on any atom is 0.282 e. The molecule has 0 aromatic carbocycles. The van der Waals surface area contributed by atoms with E-state index in [9.17, 15) is 18.4 Å². The third-order valence-corrected chi connectivity index (χ3v) is 6.62. The van der Waals surface area contributed by atoms with Gasteiger partial charge in [0.25, 0.3) is 11.8 Å². The van der Waals surface area contributed by atoms with Crippen LogP contribution in [0.2, 0.25) is 0 Å². The number of carbonyl (C=O) groups excluding carboxylic acids is 2. The first-order valence-electron chi connectivity index (χ1n) is 8.40. The number of hydrogen-bond acceptors (Lipinski definition) is 3. The van der Waals surface area contributed by atoms with Gasteiger partial charge in [-0.1, -0.05) is 12.5 Å². The van der Waals surface area contributed by atoms with Crippen molar-refractivity contribution in [3.63, 3.8) is 0 Å². The Morgan fingerprint density at radius 1 is 1.17 bits per heavy atom. The van der Waals surface area contributed by atoms with Crippen LogP contribution in [0.15, 0.2) is 17.5 Å². The monoisotopic (exact) mass is 354 g/mol.